The highest BCUT2D eigenvalue weighted by molar-refractivity contribution is 5.73. The molecule has 0 bridgehead atoms. The van der Waals surface area contributed by atoms with Gasteiger partial charge < -0.3 is 9.63 Å². The van der Waals surface area contributed by atoms with Crippen LogP contribution in [-0.4, -0.2) is 10.3 Å². The molecular weight excluding hydrogens is 269 g/mol. The Morgan fingerprint density at radius 2 is 1.81 bits per heavy atom. The van der Waals surface area contributed by atoms with E-state index in [9.17, 15) is 9.50 Å². The van der Waals surface area contributed by atoms with Crippen molar-refractivity contribution < 1.29 is 14.0 Å². The Labute approximate surface area is 121 Å². The summed E-state index contributed by atoms with van der Waals surface area (Å²) < 4.78 is 18.4. The first-order valence-corrected chi connectivity index (χ1v) is 6.62. The Kier molecular flexibility index (Phi) is 3.54. The van der Waals surface area contributed by atoms with Gasteiger partial charge in [-0.15, -0.1) is 0 Å². The van der Waals surface area contributed by atoms with Gasteiger partial charge in [0.25, 0.3) is 0 Å². The number of rotatable bonds is 3. The lowest BCUT2D eigenvalue weighted by Crippen LogP contribution is -1.90. The predicted octanol–water partition coefficient (Wildman–Crippen LogP) is 3.95. The van der Waals surface area contributed by atoms with Gasteiger partial charge in [-0.3, -0.25) is 0 Å². The van der Waals surface area contributed by atoms with Gasteiger partial charge in [0.15, 0.2) is 5.76 Å². The Morgan fingerprint density at radius 3 is 2.48 bits per heavy atom. The van der Waals surface area contributed by atoms with Gasteiger partial charge in [0, 0.05) is 11.1 Å². The summed E-state index contributed by atoms with van der Waals surface area (Å²) in [5.74, 6) is 0.238. The van der Waals surface area contributed by atoms with Crippen LogP contribution in [0.25, 0.3) is 22.6 Å². The SMILES string of the molecule is Cc1ccccc1-c1onc(-c2ccc(F)cc2)c1CO. The van der Waals surface area contributed by atoms with Crippen molar-refractivity contribution in [2.45, 2.75) is 13.5 Å². The third-order valence-electron chi connectivity index (χ3n) is 3.45. The number of aromatic nitrogens is 1. The van der Waals surface area contributed by atoms with Gasteiger partial charge >= 0.3 is 0 Å². The van der Waals surface area contributed by atoms with E-state index in [1.807, 2.05) is 31.2 Å². The van der Waals surface area contributed by atoms with Crippen molar-refractivity contribution in [1.82, 2.24) is 5.16 Å². The Bertz CT molecular complexity index is 763. The summed E-state index contributed by atoms with van der Waals surface area (Å²) in [6.45, 7) is 1.77. The molecular formula is C17H14FNO2. The van der Waals surface area contributed by atoms with Crippen LogP contribution in [0.15, 0.2) is 53.1 Å². The van der Waals surface area contributed by atoms with E-state index in [-0.39, 0.29) is 12.4 Å². The van der Waals surface area contributed by atoms with Crippen molar-refractivity contribution in [2.75, 3.05) is 0 Å². The second kappa shape index (κ2) is 5.50. The zero-order chi connectivity index (χ0) is 14.8. The second-order valence-corrected chi connectivity index (χ2v) is 4.82. The first-order valence-electron chi connectivity index (χ1n) is 6.62. The molecule has 0 aliphatic rings. The third kappa shape index (κ3) is 2.45. The molecule has 0 spiro atoms. The first kappa shape index (κ1) is 13.5. The predicted molar refractivity (Wildman–Crippen MR) is 78.0 cm³/mol. The Hall–Kier alpha value is -2.46. The molecule has 0 radical (unpaired) electrons. The standard InChI is InChI=1S/C17H14FNO2/c1-11-4-2-3-5-14(11)17-15(10-20)16(19-21-17)12-6-8-13(18)9-7-12/h2-9,20H,10H2,1H3. The topological polar surface area (TPSA) is 46.3 Å². The lowest BCUT2D eigenvalue weighted by molar-refractivity contribution is 0.281. The van der Waals surface area contributed by atoms with Crippen LogP contribution >= 0.6 is 0 Å². The minimum atomic E-state index is -0.313. The summed E-state index contributed by atoms with van der Waals surface area (Å²) in [6.07, 6.45) is 0. The summed E-state index contributed by atoms with van der Waals surface area (Å²) in [6, 6.07) is 13.7. The molecule has 1 aromatic heterocycles. The number of hydrogen-bond acceptors (Lipinski definition) is 3. The van der Waals surface area contributed by atoms with Crippen LogP contribution in [0, 0.1) is 12.7 Å². The minimum absolute atomic E-state index is 0.195. The number of aliphatic hydroxyl groups is 1. The van der Waals surface area contributed by atoms with E-state index in [0.717, 1.165) is 11.1 Å². The van der Waals surface area contributed by atoms with E-state index in [1.54, 1.807) is 12.1 Å². The molecule has 0 unspecified atom stereocenters. The van der Waals surface area contributed by atoms with Gasteiger partial charge in [-0.2, -0.15) is 0 Å². The number of hydrogen-bond donors (Lipinski definition) is 1. The number of benzene rings is 2. The molecule has 0 atom stereocenters. The van der Waals surface area contributed by atoms with Crippen molar-refractivity contribution in [2.24, 2.45) is 0 Å². The number of nitrogens with zero attached hydrogens (tertiary/aromatic N) is 1. The second-order valence-electron chi connectivity index (χ2n) is 4.82. The normalized spacial score (nSPS) is 10.8. The van der Waals surface area contributed by atoms with Crippen LogP contribution < -0.4 is 0 Å². The van der Waals surface area contributed by atoms with Crippen molar-refractivity contribution in [1.29, 1.82) is 0 Å². The molecule has 21 heavy (non-hydrogen) atoms. The maximum absolute atomic E-state index is 13.0. The Balaban J connectivity index is 2.13. The van der Waals surface area contributed by atoms with Crippen molar-refractivity contribution in [3.05, 3.63) is 65.5 Å². The van der Waals surface area contributed by atoms with Crippen LogP contribution in [-0.2, 0) is 6.61 Å². The molecule has 0 aliphatic carbocycles. The molecule has 3 nitrogen and oxygen atoms in total. The molecule has 1 N–H and O–H groups in total. The molecule has 0 amide bonds. The molecule has 106 valence electrons. The maximum Gasteiger partial charge on any atom is 0.173 e. The van der Waals surface area contributed by atoms with E-state index >= 15 is 0 Å². The highest BCUT2D eigenvalue weighted by Gasteiger charge is 2.19. The first-order chi connectivity index (χ1) is 10.2. The summed E-state index contributed by atoms with van der Waals surface area (Å²) >= 11 is 0. The fourth-order valence-corrected chi connectivity index (χ4v) is 2.33. The summed E-state index contributed by atoms with van der Waals surface area (Å²) in [7, 11) is 0. The van der Waals surface area contributed by atoms with E-state index in [4.69, 9.17) is 4.52 Å². The molecule has 3 rings (SSSR count). The fourth-order valence-electron chi connectivity index (χ4n) is 2.33. The van der Waals surface area contributed by atoms with Crippen LogP contribution in [0.5, 0.6) is 0 Å². The summed E-state index contributed by atoms with van der Waals surface area (Å²) in [5, 5.41) is 13.7. The van der Waals surface area contributed by atoms with Gasteiger partial charge in [-0.1, -0.05) is 29.4 Å². The van der Waals surface area contributed by atoms with E-state index in [0.29, 0.717) is 22.6 Å². The molecule has 0 aliphatic heterocycles. The lowest BCUT2D eigenvalue weighted by Gasteiger charge is -2.04. The molecule has 0 fully saturated rings. The van der Waals surface area contributed by atoms with E-state index in [1.165, 1.54) is 12.1 Å². The zero-order valence-corrected chi connectivity index (χ0v) is 11.5. The molecule has 1 heterocycles. The van der Waals surface area contributed by atoms with Crippen LogP contribution in [0.3, 0.4) is 0 Å². The van der Waals surface area contributed by atoms with Gasteiger partial charge in [0.1, 0.15) is 11.5 Å². The van der Waals surface area contributed by atoms with Crippen molar-refractivity contribution in [3.8, 4) is 22.6 Å². The van der Waals surface area contributed by atoms with Crippen LogP contribution in [0.4, 0.5) is 4.39 Å². The van der Waals surface area contributed by atoms with Crippen molar-refractivity contribution in [3.63, 3.8) is 0 Å². The fraction of sp³-hybridized carbons (Fsp3) is 0.118. The number of aryl methyl sites for hydroxylation is 1. The molecule has 2 aromatic carbocycles. The summed E-state index contributed by atoms with van der Waals surface area (Å²) in [5.41, 5.74) is 3.78. The van der Waals surface area contributed by atoms with Gasteiger partial charge in [-0.05, 0) is 36.8 Å². The van der Waals surface area contributed by atoms with Crippen molar-refractivity contribution >= 4 is 0 Å². The third-order valence-corrected chi connectivity index (χ3v) is 3.45. The average molecular weight is 283 g/mol. The highest BCUT2D eigenvalue weighted by atomic mass is 19.1. The lowest BCUT2D eigenvalue weighted by atomic mass is 10.00. The maximum atomic E-state index is 13.0. The molecule has 4 heteroatoms. The van der Waals surface area contributed by atoms with Gasteiger partial charge in [-0.25, -0.2) is 4.39 Å². The quantitative estimate of drug-likeness (QED) is 0.791. The van der Waals surface area contributed by atoms with E-state index < -0.39 is 0 Å². The molecule has 3 aromatic rings. The minimum Gasteiger partial charge on any atom is -0.391 e. The van der Waals surface area contributed by atoms with Gasteiger partial charge in [0.2, 0.25) is 0 Å². The highest BCUT2D eigenvalue weighted by Crippen LogP contribution is 2.33. The Morgan fingerprint density at radius 1 is 1.10 bits per heavy atom. The van der Waals surface area contributed by atoms with E-state index in [2.05, 4.69) is 5.16 Å². The molecule has 0 saturated heterocycles. The number of aliphatic hydroxyl groups excluding tert-OH is 1. The summed E-state index contributed by atoms with van der Waals surface area (Å²) in [4.78, 5) is 0. The van der Waals surface area contributed by atoms with Crippen LogP contribution in [0.1, 0.15) is 11.1 Å². The number of halogens is 1. The smallest absolute Gasteiger partial charge is 0.173 e. The zero-order valence-electron chi connectivity index (χ0n) is 11.5. The van der Waals surface area contributed by atoms with Gasteiger partial charge in [0.05, 0.1) is 12.2 Å². The molecule has 0 saturated carbocycles. The van der Waals surface area contributed by atoms with Crippen LogP contribution in [0.2, 0.25) is 0 Å². The average Bonchev–Trinajstić information content (AvgIpc) is 2.92. The largest absolute Gasteiger partial charge is 0.391 e. The monoisotopic (exact) mass is 283 g/mol.